The third-order valence-electron chi connectivity index (χ3n) is 0.893. The predicted octanol–water partition coefficient (Wildman–Crippen LogP) is 0.476. The number of aromatic nitrogens is 2. The van der Waals surface area contributed by atoms with Gasteiger partial charge >= 0.3 is 0 Å². The molecule has 0 spiro atoms. The van der Waals surface area contributed by atoms with E-state index in [-0.39, 0.29) is 0 Å². The summed E-state index contributed by atoms with van der Waals surface area (Å²) >= 11 is 1.28. The van der Waals surface area contributed by atoms with Gasteiger partial charge in [-0.25, -0.2) is 0 Å². The van der Waals surface area contributed by atoms with Gasteiger partial charge in [-0.1, -0.05) is 11.3 Å². The Labute approximate surface area is 62.7 Å². The van der Waals surface area contributed by atoms with Crippen molar-refractivity contribution in [1.82, 2.24) is 10.2 Å². The van der Waals surface area contributed by atoms with Crippen LogP contribution >= 0.6 is 11.3 Å². The van der Waals surface area contributed by atoms with E-state index in [1.807, 2.05) is 25.1 Å². The normalized spacial score (nSPS) is 8.90. The van der Waals surface area contributed by atoms with Gasteiger partial charge < -0.3 is 4.90 Å². The summed E-state index contributed by atoms with van der Waals surface area (Å²) in [4.78, 5) is 1.82. The van der Waals surface area contributed by atoms with E-state index < -0.39 is 0 Å². The van der Waals surface area contributed by atoms with Crippen LogP contribution in [0.1, 0.15) is 5.01 Å². The fraction of sp³-hybridized carbons (Fsp3) is 0.400. The maximum Gasteiger partial charge on any atom is 0.219 e. The van der Waals surface area contributed by atoms with Gasteiger partial charge in [0.1, 0.15) is 6.07 Å². The smallest absolute Gasteiger partial charge is 0.219 e. The molecule has 0 radical (unpaired) electrons. The van der Waals surface area contributed by atoms with Crippen LogP contribution in [0.25, 0.3) is 0 Å². The minimum Gasteiger partial charge on any atom is -0.353 e. The van der Waals surface area contributed by atoms with E-state index >= 15 is 0 Å². The molecule has 1 aromatic rings. The maximum absolute atomic E-state index is 8.37. The molecule has 0 aliphatic heterocycles. The van der Waals surface area contributed by atoms with Crippen LogP contribution in [0, 0.1) is 11.3 Å². The summed E-state index contributed by atoms with van der Waals surface area (Å²) < 4.78 is 0. The quantitative estimate of drug-likeness (QED) is 0.590. The van der Waals surface area contributed by atoms with Gasteiger partial charge in [0.05, 0.1) is 0 Å². The maximum atomic E-state index is 8.37. The van der Waals surface area contributed by atoms with Gasteiger partial charge in [0, 0.05) is 14.1 Å². The zero-order valence-corrected chi connectivity index (χ0v) is 6.51. The molecule has 0 aliphatic carbocycles. The van der Waals surface area contributed by atoms with Gasteiger partial charge in [0.15, 0.2) is 0 Å². The fourth-order valence-electron chi connectivity index (χ4n) is 0.441. The second-order valence-corrected chi connectivity index (χ2v) is 2.85. The van der Waals surface area contributed by atoms with Crippen molar-refractivity contribution >= 4 is 16.5 Å². The molecule has 0 atom stereocenters. The van der Waals surface area contributed by atoms with Crippen LogP contribution in [0.5, 0.6) is 0 Å². The Bertz CT molecular complexity index is 259. The van der Waals surface area contributed by atoms with Crippen molar-refractivity contribution < 1.29 is 0 Å². The zero-order chi connectivity index (χ0) is 7.56. The number of hydrogen-bond donors (Lipinski definition) is 0. The third-order valence-corrected chi connectivity index (χ3v) is 1.89. The third kappa shape index (κ3) is 1.22. The Morgan fingerprint density at radius 2 is 2.20 bits per heavy atom. The van der Waals surface area contributed by atoms with E-state index in [1.165, 1.54) is 11.3 Å². The summed E-state index contributed by atoms with van der Waals surface area (Å²) in [5, 5.41) is 16.9. The summed E-state index contributed by atoms with van der Waals surface area (Å²) in [5.41, 5.74) is 0. The van der Waals surface area contributed by atoms with Crippen molar-refractivity contribution in [3.05, 3.63) is 5.01 Å². The average Bonchev–Trinajstić information content (AvgIpc) is 2.34. The van der Waals surface area contributed by atoms with Crippen LogP contribution in [0.3, 0.4) is 0 Å². The molecule has 0 aliphatic rings. The molecule has 0 saturated carbocycles. The summed E-state index contributed by atoms with van der Waals surface area (Å²) in [5.74, 6) is 0. The highest BCUT2D eigenvalue weighted by Crippen LogP contribution is 2.15. The zero-order valence-electron chi connectivity index (χ0n) is 5.70. The second-order valence-electron chi connectivity index (χ2n) is 1.90. The van der Waals surface area contributed by atoms with Crippen molar-refractivity contribution in [3.63, 3.8) is 0 Å². The molecule has 0 saturated heterocycles. The highest BCUT2D eigenvalue weighted by Gasteiger charge is 2.02. The molecular weight excluding hydrogens is 148 g/mol. The Hall–Kier alpha value is -1.15. The standard InChI is InChI=1S/C5H6N4S/c1-9(2)5-8-7-4(3-6)10-5/h1-2H3. The second kappa shape index (κ2) is 2.62. The Kier molecular flexibility index (Phi) is 1.83. The van der Waals surface area contributed by atoms with Crippen LogP contribution < -0.4 is 4.90 Å². The summed E-state index contributed by atoms with van der Waals surface area (Å²) in [7, 11) is 3.73. The molecule has 1 heterocycles. The minimum absolute atomic E-state index is 0.406. The lowest BCUT2D eigenvalue weighted by Gasteiger charge is -2.03. The summed E-state index contributed by atoms with van der Waals surface area (Å²) in [6, 6.07) is 1.92. The largest absolute Gasteiger partial charge is 0.353 e. The van der Waals surface area contributed by atoms with Gasteiger partial charge in [-0.15, -0.1) is 10.2 Å². The van der Waals surface area contributed by atoms with Crippen LogP contribution in [0.15, 0.2) is 0 Å². The Morgan fingerprint density at radius 3 is 2.50 bits per heavy atom. The lowest BCUT2D eigenvalue weighted by molar-refractivity contribution is 1.01. The van der Waals surface area contributed by atoms with Crippen LogP contribution in [0.4, 0.5) is 5.13 Å². The van der Waals surface area contributed by atoms with Gasteiger partial charge in [-0.2, -0.15) is 5.26 Å². The van der Waals surface area contributed by atoms with Crippen molar-refractivity contribution in [3.8, 4) is 6.07 Å². The van der Waals surface area contributed by atoms with Crippen LogP contribution in [0.2, 0.25) is 0 Å². The number of anilines is 1. The van der Waals surface area contributed by atoms with Gasteiger partial charge in [-0.05, 0) is 0 Å². The molecule has 1 rings (SSSR count). The molecule has 4 nitrogen and oxygen atoms in total. The Morgan fingerprint density at radius 1 is 1.50 bits per heavy atom. The number of rotatable bonds is 1. The van der Waals surface area contributed by atoms with E-state index in [4.69, 9.17) is 5.26 Å². The molecule has 0 fully saturated rings. The SMILES string of the molecule is CN(C)c1nnc(C#N)s1. The van der Waals surface area contributed by atoms with Crippen molar-refractivity contribution in [1.29, 1.82) is 5.26 Å². The van der Waals surface area contributed by atoms with E-state index in [2.05, 4.69) is 10.2 Å². The van der Waals surface area contributed by atoms with E-state index in [0.717, 1.165) is 5.13 Å². The first kappa shape index (κ1) is 6.96. The fourth-order valence-corrected chi connectivity index (χ4v) is 1.01. The van der Waals surface area contributed by atoms with Gasteiger partial charge in [0.25, 0.3) is 0 Å². The van der Waals surface area contributed by atoms with Crippen molar-refractivity contribution in [2.75, 3.05) is 19.0 Å². The summed E-state index contributed by atoms with van der Waals surface area (Å²) in [6.45, 7) is 0. The number of nitriles is 1. The lowest BCUT2D eigenvalue weighted by Crippen LogP contribution is -2.07. The summed E-state index contributed by atoms with van der Waals surface area (Å²) in [6.07, 6.45) is 0. The average molecular weight is 154 g/mol. The van der Waals surface area contributed by atoms with Gasteiger partial charge in [-0.3, -0.25) is 0 Å². The van der Waals surface area contributed by atoms with Crippen molar-refractivity contribution in [2.45, 2.75) is 0 Å². The monoisotopic (exact) mass is 154 g/mol. The highest BCUT2D eigenvalue weighted by molar-refractivity contribution is 7.15. The van der Waals surface area contributed by atoms with Gasteiger partial charge in [0.2, 0.25) is 10.1 Å². The molecule has 0 amide bonds. The van der Waals surface area contributed by atoms with E-state index in [1.54, 1.807) is 0 Å². The molecule has 0 aromatic carbocycles. The molecule has 52 valence electrons. The molecule has 1 aromatic heterocycles. The molecule has 0 unspecified atom stereocenters. The molecule has 10 heavy (non-hydrogen) atoms. The van der Waals surface area contributed by atoms with Crippen molar-refractivity contribution in [2.24, 2.45) is 0 Å². The van der Waals surface area contributed by atoms with E-state index in [0.29, 0.717) is 5.01 Å². The first-order chi connectivity index (χ1) is 4.74. The minimum atomic E-state index is 0.406. The molecule has 0 N–H and O–H groups in total. The van der Waals surface area contributed by atoms with Crippen LogP contribution in [-0.4, -0.2) is 24.3 Å². The lowest BCUT2D eigenvalue weighted by atomic mass is 10.8. The number of hydrogen-bond acceptors (Lipinski definition) is 5. The molecule has 5 heteroatoms. The number of nitrogens with zero attached hydrogens (tertiary/aromatic N) is 4. The van der Waals surface area contributed by atoms with E-state index in [9.17, 15) is 0 Å². The predicted molar refractivity (Wildman–Crippen MR) is 39.0 cm³/mol. The first-order valence-electron chi connectivity index (χ1n) is 2.65. The molecule has 0 bridgehead atoms. The Balaban J connectivity index is 2.91. The molecular formula is C5H6N4S. The first-order valence-corrected chi connectivity index (χ1v) is 3.46. The topological polar surface area (TPSA) is 52.8 Å². The van der Waals surface area contributed by atoms with Crippen LogP contribution in [-0.2, 0) is 0 Å². The highest BCUT2D eigenvalue weighted by atomic mass is 32.1.